The van der Waals surface area contributed by atoms with Gasteiger partial charge in [-0.25, -0.2) is 4.39 Å². The quantitative estimate of drug-likeness (QED) is 0.653. The molecule has 0 aromatic heterocycles. The summed E-state index contributed by atoms with van der Waals surface area (Å²) in [6, 6.07) is 2.39. The summed E-state index contributed by atoms with van der Waals surface area (Å²) in [5, 5.41) is 14.0. The van der Waals surface area contributed by atoms with E-state index in [1.807, 2.05) is 0 Å². The molecule has 0 bridgehead atoms. The molecule has 1 aromatic carbocycles. The Morgan fingerprint density at radius 1 is 1.37 bits per heavy atom. The van der Waals surface area contributed by atoms with Crippen molar-refractivity contribution in [3.05, 3.63) is 32.5 Å². The molecule has 0 unspecified atom stereocenters. The lowest BCUT2D eigenvalue weighted by Gasteiger charge is -2.22. The van der Waals surface area contributed by atoms with Crippen molar-refractivity contribution < 1.29 is 9.31 Å². The normalized spacial score (nSPS) is 16.3. The van der Waals surface area contributed by atoms with Crippen LogP contribution in [0.2, 0.25) is 0 Å². The van der Waals surface area contributed by atoms with Crippen LogP contribution in [0.4, 0.5) is 15.8 Å². The predicted octanol–water partition coefficient (Wildman–Crippen LogP) is 4.49. The molecular formula is C13H16BrFN2O2. The van der Waals surface area contributed by atoms with Gasteiger partial charge >= 0.3 is 0 Å². The third-order valence-electron chi connectivity index (χ3n) is 3.54. The molecule has 1 aliphatic carbocycles. The first kappa shape index (κ1) is 14.2. The number of nitrogens with one attached hydrogen (secondary N) is 1. The van der Waals surface area contributed by atoms with Crippen LogP contribution < -0.4 is 5.32 Å². The molecule has 1 saturated carbocycles. The molecule has 0 heterocycles. The summed E-state index contributed by atoms with van der Waals surface area (Å²) in [7, 11) is 0. The SMILES string of the molecule is O=[N+]([O-])c1cc(Br)c(F)cc1NCC1CCCCC1. The second-order valence-electron chi connectivity index (χ2n) is 4.93. The molecule has 0 atom stereocenters. The van der Waals surface area contributed by atoms with Gasteiger partial charge in [-0.05, 0) is 34.7 Å². The fourth-order valence-corrected chi connectivity index (χ4v) is 2.81. The van der Waals surface area contributed by atoms with Crippen LogP contribution in [-0.2, 0) is 0 Å². The van der Waals surface area contributed by atoms with Gasteiger partial charge in [-0.2, -0.15) is 0 Å². The predicted molar refractivity (Wildman–Crippen MR) is 75.8 cm³/mol. The highest BCUT2D eigenvalue weighted by Crippen LogP contribution is 2.31. The average Bonchev–Trinajstić information content (AvgIpc) is 2.40. The highest BCUT2D eigenvalue weighted by atomic mass is 79.9. The Morgan fingerprint density at radius 2 is 2.05 bits per heavy atom. The third-order valence-corrected chi connectivity index (χ3v) is 4.15. The molecule has 1 aliphatic rings. The van der Waals surface area contributed by atoms with E-state index in [9.17, 15) is 14.5 Å². The Bertz CT molecular complexity index is 476. The van der Waals surface area contributed by atoms with Gasteiger partial charge in [0.1, 0.15) is 11.5 Å². The Balaban J connectivity index is 2.09. The van der Waals surface area contributed by atoms with Crippen LogP contribution in [0, 0.1) is 21.8 Å². The van der Waals surface area contributed by atoms with Crippen molar-refractivity contribution >= 4 is 27.3 Å². The number of hydrogen-bond acceptors (Lipinski definition) is 3. The van der Waals surface area contributed by atoms with Crippen LogP contribution in [-0.4, -0.2) is 11.5 Å². The number of nitrogens with zero attached hydrogens (tertiary/aromatic N) is 1. The van der Waals surface area contributed by atoms with E-state index in [4.69, 9.17) is 0 Å². The van der Waals surface area contributed by atoms with E-state index < -0.39 is 10.7 Å². The topological polar surface area (TPSA) is 55.2 Å². The first-order valence-corrected chi connectivity index (χ1v) is 7.24. The van der Waals surface area contributed by atoms with Gasteiger partial charge in [0.2, 0.25) is 0 Å². The number of anilines is 1. The smallest absolute Gasteiger partial charge is 0.293 e. The van der Waals surface area contributed by atoms with Crippen molar-refractivity contribution in [3.63, 3.8) is 0 Å². The van der Waals surface area contributed by atoms with E-state index in [1.165, 1.54) is 31.4 Å². The van der Waals surface area contributed by atoms with Crippen LogP contribution in [0.5, 0.6) is 0 Å². The van der Waals surface area contributed by atoms with E-state index >= 15 is 0 Å². The molecule has 0 spiro atoms. The molecular weight excluding hydrogens is 315 g/mol. The van der Waals surface area contributed by atoms with Crippen LogP contribution in [0.1, 0.15) is 32.1 Å². The minimum Gasteiger partial charge on any atom is -0.379 e. The van der Waals surface area contributed by atoms with Crippen LogP contribution >= 0.6 is 15.9 Å². The Kier molecular flexibility index (Phi) is 4.74. The van der Waals surface area contributed by atoms with Crippen molar-refractivity contribution in [2.45, 2.75) is 32.1 Å². The van der Waals surface area contributed by atoms with Gasteiger partial charge in [0.05, 0.1) is 9.40 Å². The second kappa shape index (κ2) is 6.32. The van der Waals surface area contributed by atoms with Crippen molar-refractivity contribution in [2.24, 2.45) is 5.92 Å². The highest BCUT2D eigenvalue weighted by molar-refractivity contribution is 9.10. The van der Waals surface area contributed by atoms with E-state index in [-0.39, 0.29) is 15.8 Å². The van der Waals surface area contributed by atoms with Gasteiger partial charge in [-0.3, -0.25) is 10.1 Å². The number of benzene rings is 1. The molecule has 19 heavy (non-hydrogen) atoms. The number of nitro groups is 1. The zero-order valence-electron chi connectivity index (χ0n) is 10.5. The summed E-state index contributed by atoms with van der Waals surface area (Å²) in [4.78, 5) is 10.5. The summed E-state index contributed by atoms with van der Waals surface area (Å²) in [5.74, 6) is 0.0387. The highest BCUT2D eigenvalue weighted by Gasteiger charge is 2.19. The summed E-state index contributed by atoms with van der Waals surface area (Å²) in [5.41, 5.74) is 0.167. The average molecular weight is 331 g/mol. The zero-order chi connectivity index (χ0) is 13.8. The van der Waals surface area contributed by atoms with E-state index in [0.29, 0.717) is 12.5 Å². The van der Waals surface area contributed by atoms with E-state index in [2.05, 4.69) is 21.2 Å². The van der Waals surface area contributed by atoms with Crippen molar-refractivity contribution in [3.8, 4) is 0 Å². The standard InChI is InChI=1S/C13H16BrFN2O2/c14-10-6-13(17(18)19)12(7-11(10)15)16-8-9-4-2-1-3-5-9/h6-7,9,16H,1-5,8H2. The lowest BCUT2D eigenvalue weighted by Crippen LogP contribution is -2.17. The lowest BCUT2D eigenvalue weighted by atomic mass is 9.89. The second-order valence-corrected chi connectivity index (χ2v) is 5.78. The maximum Gasteiger partial charge on any atom is 0.293 e. The van der Waals surface area contributed by atoms with Crippen LogP contribution in [0.25, 0.3) is 0 Å². The number of hydrogen-bond donors (Lipinski definition) is 1. The summed E-state index contributed by atoms with van der Waals surface area (Å²) >= 11 is 2.97. The van der Waals surface area contributed by atoms with Crippen molar-refractivity contribution in [1.29, 1.82) is 0 Å². The number of nitro benzene ring substituents is 1. The molecule has 1 aromatic rings. The van der Waals surface area contributed by atoms with Gasteiger partial charge in [-0.15, -0.1) is 0 Å². The Morgan fingerprint density at radius 3 is 2.68 bits per heavy atom. The number of halogens is 2. The van der Waals surface area contributed by atoms with Crippen LogP contribution in [0.15, 0.2) is 16.6 Å². The molecule has 104 valence electrons. The largest absolute Gasteiger partial charge is 0.379 e. The van der Waals surface area contributed by atoms with E-state index in [1.54, 1.807) is 0 Å². The molecule has 4 nitrogen and oxygen atoms in total. The molecule has 1 N–H and O–H groups in total. The first-order chi connectivity index (χ1) is 9.08. The van der Waals surface area contributed by atoms with Crippen molar-refractivity contribution in [2.75, 3.05) is 11.9 Å². The van der Waals surface area contributed by atoms with E-state index in [0.717, 1.165) is 12.8 Å². The molecule has 0 saturated heterocycles. The molecule has 0 aliphatic heterocycles. The maximum atomic E-state index is 13.5. The lowest BCUT2D eigenvalue weighted by molar-refractivity contribution is -0.384. The maximum absolute atomic E-state index is 13.5. The van der Waals surface area contributed by atoms with Crippen molar-refractivity contribution in [1.82, 2.24) is 0 Å². The molecule has 2 rings (SSSR count). The van der Waals surface area contributed by atoms with Crippen LogP contribution in [0.3, 0.4) is 0 Å². The number of rotatable bonds is 4. The van der Waals surface area contributed by atoms with Gasteiger partial charge in [-0.1, -0.05) is 19.3 Å². The van der Waals surface area contributed by atoms with Gasteiger partial charge in [0, 0.05) is 18.7 Å². The van der Waals surface area contributed by atoms with Gasteiger partial charge < -0.3 is 5.32 Å². The molecule has 1 fully saturated rings. The fourth-order valence-electron chi connectivity index (χ4n) is 2.47. The van der Waals surface area contributed by atoms with Gasteiger partial charge in [0.25, 0.3) is 5.69 Å². The zero-order valence-corrected chi connectivity index (χ0v) is 12.1. The summed E-state index contributed by atoms with van der Waals surface area (Å²) in [6.45, 7) is 0.669. The monoisotopic (exact) mass is 330 g/mol. The summed E-state index contributed by atoms with van der Waals surface area (Å²) in [6.07, 6.45) is 5.97. The minimum absolute atomic E-state index is 0.0934. The molecule has 0 amide bonds. The fraction of sp³-hybridized carbons (Fsp3) is 0.538. The Hall–Kier alpha value is -1.17. The molecule has 0 radical (unpaired) electrons. The Labute approximate surface area is 119 Å². The third kappa shape index (κ3) is 3.65. The minimum atomic E-state index is -0.493. The summed E-state index contributed by atoms with van der Waals surface area (Å²) < 4.78 is 13.6. The van der Waals surface area contributed by atoms with Gasteiger partial charge in [0.15, 0.2) is 0 Å². The first-order valence-electron chi connectivity index (χ1n) is 6.45. The molecule has 6 heteroatoms.